The molecule has 0 saturated heterocycles. The zero-order chi connectivity index (χ0) is 12.0. The van der Waals surface area contributed by atoms with Crippen LogP contribution < -0.4 is 5.73 Å². The fraction of sp³-hybridized carbons (Fsp3) is 0.909. The molecule has 0 radical (unpaired) electrons. The van der Waals surface area contributed by atoms with Crippen molar-refractivity contribution in [3.63, 3.8) is 0 Å². The van der Waals surface area contributed by atoms with Crippen LogP contribution >= 0.6 is 0 Å². The van der Waals surface area contributed by atoms with Crippen LogP contribution in [-0.4, -0.2) is 57.4 Å². The normalized spacial score (nSPS) is 23.9. The maximum Gasteiger partial charge on any atom is 0.248 e. The van der Waals surface area contributed by atoms with E-state index in [-0.39, 0.29) is 12.5 Å². The Morgan fingerprint density at radius 1 is 1.44 bits per heavy atom. The predicted molar refractivity (Wildman–Crippen MR) is 61.0 cm³/mol. The summed E-state index contributed by atoms with van der Waals surface area (Å²) in [4.78, 5) is 13.3. The fourth-order valence-electron chi connectivity index (χ4n) is 1.84. The van der Waals surface area contributed by atoms with Gasteiger partial charge >= 0.3 is 0 Å². The van der Waals surface area contributed by atoms with E-state index in [1.807, 2.05) is 7.05 Å². The third-order valence-electron chi connectivity index (χ3n) is 2.89. The molecule has 1 saturated carbocycles. The molecule has 5 heteroatoms. The Morgan fingerprint density at radius 3 is 2.69 bits per heavy atom. The summed E-state index contributed by atoms with van der Waals surface area (Å²) in [6, 6.07) is 0.339. The number of nitrogens with two attached hydrogens (primary N) is 1. The molecule has 0 aromatic rings. The zero-order valence-electron chi connectivity index (χ0n) is 10.1. The first-order valence-corrected chi connectivity index (χ1v) is 5.69. The summed E-state index contributed by atoms with van der Waals surface area (Å²) >= 11 is 0. The van der Waals surface area contributed by atoms with Gasteiger partial charge in [-0.1, -0.05) is 0 Å². The van der Waals surface area contributed by atoms with Gasteiger partial charge in [-0.25, -0.2) is 0 Å². The minimum absolute atomic E-state index is 0.0246. The van der Waals surface area contributed by atoms with Crippen LogP contribution in [0, 0.1) is 5.92 Å². The molecule has 0 heterocycles. The Morgan fingerprint density at radius 2 is 2.12 bits per heavy atom. The number of carbonyl (C=O) groups is 1. The van der Waals surface area contributed by atoms with Crippen LogP contribution in [0.4, 0.5) is 0 Å². The Bertz CT molecular complexity index is 217. The molecule has 0 aliphatic heterocycles. The van der Waals surface area contributed by atoms with Gasteiger partial charge in [0.15, 0.2) is 0 Å². The number of ether oxygens (including phenoxy) is 2. The second kappa shape index (κ2) is 6.83. The van der Waals surface area contributed by atoms with Crippen LogP contribution in [0.25, 0.3) is 0 Å². The van der Waals surface area contributed by atoms with Gasteiger partial charge in [0.2, 0.25) is 5.91 Å². The van der Waals surface area contributed by atoms with E-state index in [1.165, 1.54) is 0 Å². The summed E-state index contributed by atoms with van der Waals surface area (Å²) in [7, 11) is 3.42. The molecule has 16 heavy (non-hydrogen) atoms. The molecule has 0 atom stereocenters. The van der Waals surface area contributed by atoms with E-state index in [9.17, 15) is 4.79 Å². The monoisotopic (exact) mass is 230 g/mol. The molecule has 1 aliphatic carbocycles. The van der Waals surface area contributed by atoms with Crippen molar-refractivity contribution in [2.75, 3.05) is 40.5 Å². The molecular formula is C11H22N2O3. The fourth-order valence-corrected chi connectivity index (χ4v) is 1.84. The summed E-state index contributed by atoms with van der Waals surface area (Å²) in [5.41, 5.74) is 5.69. The first kappa shape index (κ1) is 13.4. The number of methoxy groups -OCH3 is 1. The van der Waals surface area contributed by atoms with Crippen molar-refractivity contribution in [3.8, 4) is 0 Å². The zero-order valence-corrected chi connectivity index (χ0v) is 10.1. The van der Waals surface area contributed by atoms with Crippen molar-refractivity contribution < 1.29 is 14.3 Å². The SMILES string of the molecule is COCCOCC(=O)N(C)CC1CC(N)C1. The quantitative estimate of drug-likeness (QED) is 0.617. The van der Waals surface area contributed by atoms with E-state index in [4.69, 9.17) is 15.2 Å². The second-order valence-electron chi connectivity index (χ2n) is 4.42. The van der Waals surface area contributed by atoms with E-state index in [2.05, 4.69) is 0 Å². The molecule has 0 bridgehead atoms. The summed E-state index contributed by atoms with van der Waals surface area (Å²) in [6.07, 6.45) is 2.06. The van der Waals surface area contributed by atoms with Crippen molar-refractivity contribution >= 4 is 5.91 Å². The van der Waals surface area contributed by atoms with Crippen molar-refractivity contribution in [2.24, 2.45) is 11.7 Å². The van der Waals surface area contributed by atoms with Crippen LogP contribution in [0.2, 0.25) is 0 Å². The van der Waals surface area contributed by atoms with Gasteiger partial charge in [0, 0.05) is 26.7 Å². The molecule has 1 fully saturated rings. The number of hydrogen-bond acceptors (Lipinski definition) is 4. The average molecular weight is 230 g/mol. The number of rotatable bonds is 7. The molecule has 5 nitrogen and oxygen atoms in total. The third kappa shape index (κ3) is 4.47. The number of likely N-dealkylation sites (N-methyl/N-ethyl adjacent to an activating group) is 1. The lowest BCUT2D eigenvalue weighted by Gasteiger charge is -2.35. The highest BCUT2D eigenvalue weighted by Crippen LogP contribution is 2.25. The van der Waals surface area contributed by atoms with E-state index in [0.717, 1.165) is 19.4 Å². The van der Waals surface area contributed by atoms with Gasteiger partial charge in [-0.2, -0.15) is 0 Å². The van der Waals surface area contributed by atoms with Crippen LogP contribution in [0.3, 0.4) is 0 Å². The topological polar surface area (TPSA) is 64.8 Å². The molecule has 0 aromatic heterocycles. The lowest BCUT2D eigenvalue weighted by atomic mass is 9.80. The lowest BCUT2D eigenvalue weighted by Crippen LogP contribution is -2.44. The minimum Gasteiger partial charge on any atom is -0.382 e. The Kier molecular flexibility index (Phi) is 5.73. The summed E-state index contributed by atoms with van der Waals surface area (Å²) < 4.78 is 9.99. The van der Waals surface area contributed by atoms with Crippen molar-refractivity contribution in [1.29, 1.82) is 0 Å². The summed E-state index contributed by atoms with van der Waals surface area (Å²) in [5, 5.41) is 0. The number of hydrogen-bond donors (Lipinski definition) is 1. The van der Waals surface area contributed by atoms with Crippen molar-refractivity contribution in [1.82, 2.24) is 4.90 Å². The predicted octanol–water partition coefficient (Wildman–Crippen LogP) is -0.155. The average Bonchev–Trinajstić information content (AvgIpc) is 2.21. The molecule has 94 valence electrons. The highest BCUT2D eigenvalue weighted by atomic mass is 16.5. The third-order valence-corrected chi connectivity index (χ3v) is 2.89. The van der Waals surface area contributed by atoms with Crippen LogP contribution in [0.1, 0.15) is 12.8 Å². The number of nitrogens with zero attached hydrogens (tertiary/aromatic N) is 1. The summed E-state index contributed by atoms with van der Waals surface area (Å²) in [6.45, 7) is 1.91. The maximum absolute atomic E-state index is 11.6. The van der Waals surface area contributed by atoms with Crippen LogP contribution in [0.5, 0.6) is 0 Å². The van der Waals surface area contributed by atoms with E-state index in [1.54, 1.807) is 12.0 Å². The van der Waals surface area contributed by atoms with Crippen molar-refractivity contribution in [3.05, 3.63) is 0 Å². The van der Waals surface area contributed by atoms with E-state index < -0.39 is 0 Å². The number of carbonyl (C=O) groups excluding carboxylic acids is 1. The molecule has 1 rings (SSSR count). The summed E-state index contributed by atoms with van der Waals surface area (Å²) in [5.74, 6) is 0.597. The highest BCUT2D eigenvalue weighted by Gasteiger charge is 2.27. The van der Waals surface area contributed by atoms with Gasteiger partial charge in [0.05, 0.1) is 13.2 Å². The Labute approximate surface area is 96.9 Å². The molecule has 0 aromatic carbocycles. The van der Waals surface area contributed by atoms with Gasteiger partial charge in [-0.05, 0) is 18.8 Å². The van der Waals surface area contributed by atoms with Gasteiger partial charge < -0.3 is 20.1 Å². The largest absolute Gasteiger partial charge is 0.382 e. The van der Waals surface area contributed by atoms with Gasteiger partial charge in [0.25, 0.3) is 0 Å². The molecular weight excluding hydrogens is 208 g/mol. The molecule has 2 N–H and O–H groups in total. The van der Waals surface area contributed by atoms with E-state index >= 15 is 0 Å². The van der Waals surface area contributed by atoms with Gasteiger partial charge in [0.1, 0.15) is 6.61 Å². The number of amides is 1. The van der Waals surface area contributed by atoms with Crippen LogP contribution in [-0.2, 0) is 14.3 Å². The smallest absolute Gasteiger partial charge is 0.248 e. The molecule has 1 aliphatic rings. The molecule has 0 unspecified atom stereocenters. The standard InChI is InChI=1S/C11H22N2O3/c1-13(7-9-5-10(12)6-9)11(14)8-16-4-3-15-2/h9-10H,3-8,12H2,1-2H3. The first-order chi connectivity index (χ1) is 7.63. The van der Waals surface area contributed by atoms with Crippen molar-refractivity contribution in [2.45, 2.75) is 18.9 Å². The molecule has 0 spiro atoms. The van der Waals surface area contributed by atoms with E-state index in [0.29, 0.717) is 25.2 Å². The highest BCUT2D eigenvalue weighted by molar-refractivity contribution is 5.77. The minimum atomic E-state index is 0.0246. The maximum atomic E-state index is 11.6. The first-order valence-electron chi connectivity index (χ1n) is 5.69. The Hall–Kier alpha value is -0.650. The van der Waals surface area contributed by atoms with Gasteiger partial charge in [-0.3, -0.25) is 4.79 Å². The Balaban J connectivity index is 2.06. The lowest BCUT2D eigenvalue weighted by molar-refractivity contribution is -0.136. The molecule has 1 amide bonds. The second-order valence-corrected chi connectivity index (χ2v) is 4.42. The van der Waals surface area contributed by atoms with Crippen LogP contribution in [0.15, 0.2) is 0 Å². The van der Waals surface area contributed by atoms with Gasteiger partial charge in [-0.15, -0.1) is 0 Å².